The lowest BCUT2D eigenvalue weighted by Gasteiger charge is -2.03. The number of fused-ring (bicyclic) bond motifs is 1. The highest BCUT2D eigenvalue weighted by Crippen LogP contribution is 2.24. The predicted octanol–water partition coefficient (Wildman–Crippen LogP) is 3.17. The maximum atomic E-state index is 12.4. The fourth-order valence-electron chi connectivity index (χ4n) is 2.69. The molecule has 4 aromatic rings. The van der Waals surface area contributed by atoms with E-state index in [1.165, 1.54) is 0 Å². The van der Waals surface area contributed by atoms with Crippen LogP contribution < -0.4 is 11.1 Å². The summed E-state index contributed by atoms with van der Waals surface area (Å²) in [6.07, 6.45) is 0. The number of carbonyl (C=O) groups is 2. The van der Waals surface area contributed by atoms with Crippen molar-refractivity contribution in [1.82, 2.24) is 10.2 Å². The van der Waals surface area contributed by atoms with E-state index < -0.39 is 11.8 Å². The molecule has 0 aliphatic carbocycles. The van der Waals surface area contributed by atoms with Crippen LogP contribution in [0, 0.1) is 0 Å². The molecule has 7 heteroatoms. The maximum absolute atomic E-state index is 12.4. The molecule has 2 aromatic carbocycles. The zero-order valence-corrected chi connectivity index (χ0v) is 13.5. The average Bonchev–Trinajstić information content (AvgIpc) is 3.29. The van der Waals surface area contributed by atoms with Gasteiger partial charge in [0, 0.05) is 16.6 Å². The number of aromatic nitrogens is 2. The van der Waals surface area contributed by atoms with Crippen molar-refractivity contribution in [2.45, 2.75) is 0 Å². The molecule has 4 N–H and O–H groups in total. The number of amides is 2. The number of rotatable bonds is 4. The highest BCUT2D eigenvalue weighted by atomic mass is 16.3. The standard InChI is InChI=1S/C19H14N4O3/c20-18(24)17-13-10-12(6-7-14(13)22-23-17)21-19(25)16-9-8-15(26-16)11-4-2-1-3-5-11/h1-10H,(H2,20,24)(H,21,25)(H,22,23). The Hall–Kier alpha value is -3.87. The number of aromatic amines is 1. The predicted molar refractivity (Wildman–Crippen MR) is 96.7 cm³/mol. The molecule has 2 aromatic heterocycles. The summed E-state index contributed by atoms with van der Waals surface area (Å²) in [4.78, 5) is 23.8. The lowest BCUT2D eigenvalue weighted by Crippen LogP contribution is -2.12. The van der Waals surface area contributed by atoms with Gasteiger partial charge in [0.2, 0.25) is 0 Å². The minimum Gasteiger partial charge on any atom is -0.451 e. The summed E-state index contributed by atoms with van der Waals surface area (Å²) < 4.78 is 5.63. The summed E-state index contributed by atoms with van der Waals surface area (Å²) in [5, 5.41) is 9.89. The number of nitrogens with one attached hydrogen (secondary N) is 2. The SMILES string of the molecule is NC(=O)c1n[nH]c2ccc(NC(=O)c3ccc(-c4ccccc4)o3)cc12. The van der Waals surface area contributed by atoms with E-state index in [1.54, 1.807) is 30.3 Å². The van der Waals surface area contributed by atoms with Crippen molar-refractivity contribution < 1.29 is 14.0 Å². The molecule has 0 bridgehead atoms. The van der Waals surface area contributed by atoms with E-state index in [-0.39, 0.29) is 11.5 Å². The van der Waals surface area contributed by atoms with E-state index in [4.69, 9.17) is 10.2 Å². The van der Waals surface area contributed by atoms with Crippen LogP contribution in [-0.2, 0) is 0 Å². The summed E-state index contributed by atoms with van der Waals surface area (Å²) in [5.74, 6) is -0.239. The summed E-state index contributed by atoms with van der Waals surface area (Å²) in [6.45, 7) is 0. The molecule has 0 saturated heterocycles. The van der Waals surface area contributed by atoms with Crippen LogP contribution in [0.4, 0.5) is 5.69 Å². The van der Waals surface area contributed by atoms with Gasteiger partial charge in [0.1, 0.15) is 5.76 Å². The minimum absolute atomic E-state index is 0.125. The van der Waals surface area contributed by atoms with Gasteiger partial charge >= 0.3 is 0 Å². The van der Waals surface area contributed by atoms with E-state index in [1.807, 2.05) is 30.3 Å². The van der Waals surface area contributed by atoms with Crippen LogP contribution in [0.15, 0.2) is 65.1 Å². The number of primary amides is 1. The minimum atomic E-state index is -0.640. The van der Waals surface area contributed by atoms with Crippen LogP contribution in [0.1, 0.15) is 21.0 Å². The topological polar surface area (TPSA) is 114 Å². The fraction of sp³-hybridized carbons (Fsp3) is 0. The Morgan fingerprint density at radius 1 is 1.04 bits per heavy atom. The van der Waals surface area contributed by atoms with Crippen molar-refractivity contribution in [2.24, 2.45) is 5.73 Å². The molecule has 0 saturated carbocycles. The molecule has 128 valence electrons. The third kappa shape index (κ3) is 2.82. The lowest BCUT2D eigenvalue weighted by molar-refractivity contribution is 0.0990. The third-order valence-electron chi connectivity index (χ3n) is 3.94. The molecule has 0 aliphatic rings. The van der Waals surface area contributed by atoms with Gasteiger partial charge in [0.15, 0.2) is 11.5 Å². The molecule has 4 rings (SSSR count). The Labute approximate surface area is 147 Å². The number of H-pyrrole nitrogens is 1. The molecule has 0 unspecified atom stereocenters. The van der Waals surface area contributed by atoms with Gasteiger partial charge in [-0.1, -0.05) is 30.3 Å². The number of anilines is 1. The first kappa shape index (κ1) is 15.6. The first-order valence-corrected chi connectivity index (χ1v) is 7.86. The Bertz CT molecular complexity index is 1110. The van der Waals surface area contributed by atoms with Crippen molar-refractivity contribution in [3.63, 3.8) is 0 Å². The van der Waals surface area contributed by atoms with E-state index in [9.17, 15) is 9.59 Å². The van der Waals surface area contributed by atoms with E-state index in [0.717, 1.165) is 5.56 Å². The van der Waals surface area contributed by atoms with Crippen LogP contribution in [-0.4, -0.2) is 22.0 Å². The summed E-state index contributed by atoms with van der Waals surface area (Å²) >= 11 is 0. The summed E-state index contributed by atoms with van der Waals surface area (Å²) in [5.41, 5.74) is 7.47. The Morgan fingerprint density at radius 2 is 1.85 bits per heavy atom. The highest BCUT2D eigenvalue weighted by Gasteiger charge is 2.15. The van der Waals surface area contributed by atoms with Crippen LogP contribution in [0.25, 0.3) is 22.2 Å². The smallest absolute Gasteiger partial charge is 0.291 e. The van der Waals surface area contributed by atoms with Gasteiger partial charge in [-0.2, -0.15) is 5.10 Å². The zero-order chi connectivity index (χ0) is 18.1. The van der Waals surface area contributed by atoms with Gasteiger partial charge in [-0.05, 0) is 30.3 Å². The quantitative estimate of drug-likeness (QED) is 0.526. The molecular formula is C19H14N4O3. The van der Waals surface area contributed by atoms with Crippen molar-refractivity contribution in [3.05, 3.63) is 72.1 Å². The van der Waals surface area contributed by atoms with E-state index in [0.29, 0.717) is 22.4 Å². The van der Waals surface area contributed by atoms with Crippen molar-refractivity contribution in [2.75, 3.05) is 5.32 Å². The number of hydrogen-bond donors (Lipinski definition) is 3. The van der Waals surface area contributed by atoms with Gasteiger partial charge in [0.05, 0.1) is 5.52 Å². The number of nitrogens with zero attached hydrogens (tertiary/aromatic N) is 1. The summed E-state index contributed by atoms with van der Waals surface area (Å²) in [7, 11) is 0. The zero-order valence-electron chi connectivity index (χ0n) is 13.5. The molecule has 0 spiro atoms. The third-order valence-corrected chi connectivity index (χ3v) is 3.94. The molecule has 0 atom stereocenters. The maximum Gasteiger partial charge on any atom is 0.291 e. The second-order valence-electron chi connectivity index (χ2n) is 5.68. The Kier molecular flexibility index (Phi) is 3.74. The number of furan rings is 1. The van der Waals surface area contributed by atoms with E-state index in [2.05, 4.69) is 15.5 Å². The van der Waals surface area contributed by atoms with Gasteiger partial charge in [-0.25, -0.2) is 0 Å². The highest BCUT2D eigenvalue weighted by molar-refractivity contribution is 6.07. The van der Waals surface area contributed by atoms with Crippen LogP contribution in [0.2, 0.25) is 0 Å². The molecule has 26 heavy (non-hydrogen) atoms. The first-order chi connectivity index (χ1) is 12.6. The lowest BCUT2D eigenvalue weighted by atomic mass is 10.2. The first-order valence-electron chi connectivity index (χ1n) is 7.86. The van der Waals surface area contributed by atoms with E-state index >= 15 is 0 Å². The molecule has 7 nitrogen and oxygen atoms in total. The van der Waals surface area contributed by atoms with Crippen LogP contribution in [0.3, 0.4) is 0 Å². The normalized spacial score (nSPS) is 10.8. The van der Waals surface area contributed by atoms with Crippen LogP contribution in [0.5, 0.6) is 0 Å². The summed E-state index contributed by atoms with van der Waals surface area (Å²) in [6, 6.07) is 17.9. The number of carbonyl (C=O) groups excluding carboxylic acids is 2. The Morgan fingerprint density at radius 3 is 2.62 bits per heavy atom. The van der Waals surface area contributed by atoms with Crippen molar-refractivity contribution in [3.8, 4) is 11.3 Å². The van der Waals surface area contributed by atoms with Gasteiger partial charge < -0.3 is 15.5 Å². The second-order valence-corrected chi connectivity index (χ2v) is 5.68. The average molecular weight is 346 g/mol. The Balaban J connectivity index is 1.58. The monoisotopic (exact) mass is 346 g/mol. The molecule has 0 radical (unpaired) electrons. The number of nitrogens with two attached hydrogens (primary N) is 1. The van der Waals surface area contributed by atoms with Gasteiger partial charge in [-0.3, -0.25) is 14.7 Å². The second kappa shape index (κ2) is 6.21. The van der Waals surface area contributed by atoms with Crippen molar-refractivity contribution in [1.29, 1.82) is 0 Å². The molecule has 2 amide bonds. The molecule has 2 heterocycles. The molecular weight excluding hydrogens is 332 g/mol. The largest absolute Gasteiger partial charge is 0.451 e. The van der Waals surface area contributed by atoms with Crippen LogP contribution >= 0.6 is 0 Å². The molecule has 0 aliphatic heterocycles. The van der Waals surface area contributed by atoms with Gasteiger partial charge in [-0.15, -0.1) is 0 Å². The number of hydrogen-bond acceptors (Lipinski definition) is 4. The fourth-order valence-corrected chi connectivity index (χ4v) is 2.69. The van der Waals surface area contributed by atoms with Gasteiger partial charge in [0.25, 0.3) is 11.8 Å². The molecule has 0 fully saturated rings. The number of benzene rings is 2. The van der Waals surface area contributed by atoms with Crippen molar-refractivity contribution >= 4 is 28.4 Å².